The smallest absolute Gasteiger partial charge is 0.294 e. The number of benzene rings is 1. The summed E-state index contributed by atoms with van der Waals surface area (Å²) in [7, 11) is 0. The second-order valence-corrected chi connectivity index (χ2v) is 4.43. The van der Waals surface area contributed by atoms with Crippen molar-refractivity contribution in [3.05, 3.63) is 40.4 Å². The maximum absolute atomic E-state index is 10.4. The number of aliphatic hydroxyl groups excluding tert-OH is 3. The molecule has 1 aromatic rings. The Bertz CT molecular complexity index is 470. The summed E-state index contributed by atoms with van der Waals surface area (Å²) >= 11 is 0. The Balaban J connectivity index is 2.14. The van der Waals surface area contributed by atoms with Gasteiger partial charge in [0.1, 0.15) is 24.1 Å². The van der Waals surface area contributed by atoms with Crippen LogP contribution < -0.4 is 4.74 Å². The Kier molecular flexibility index (Phi) is 4.91. The molecule has 1 fully saturated rings. The van der Waals surface area contributed by atoms with E-state index in [9.17, 15) is 20.3 Å². The molecular weight excluding hydrogens is 286 g/mol. The predicted octanol–water partition coefficient (Wildman–Crippen LogP) is -0.919. The summed E-state index contributed by atoms with van der Waals surface area (Å²) in [6.07, 6.45) is -7.25. The predicted molar refractivity (Wildman–Crippen MR) is 66.7 cm³/mol. The molecule has 0 unspecified atom stereocenters. The van der Waals surface area contributed by atoms with Crippen molar-refractivity contribution < 1.29 is 34.7 Å². The monoisotopic (exact) mass is 301 g/mol. The van der Waals surface area contributed by atoms with E-state index < -0.39 is 42.4 Å². The first kappa shape index (κ1) is 15.4. The SMILES string of the molecule is O=[N+]([O-])O[C@@H]1[C@@H](O)[C@H](Oc2ccccc2)O[C@H](CO)[C@H]1O. The number of hydrogen-bond acceptors (Lipinski definition) is 8. The highest BCUT2D eigenvalue weighted by Gasteiger charge is 2.47. The van der Waals surface area contributed by atoms with E-state index in [4.69, 9.17) is 14.6 Å². The summed E-state index contributed by atoms with van der Waals surface area (Å²) in [4.78, 5) is 14.7. The van der Waals surface area contributed by atoms with Crippen LogP contribution in [-0.4, -0.2) is 57.7 Å². The summed E-state index contributed by atoms with van der Waals surface area (Å²) < 4.78 is 10.6. The van der Waals surface area contributed by atoms with E-state index >= 15 is 0 Å². The zero-order valence-electron chi connectivity index (χ0n) is 10.8. The lowest BCUT2D eigenvalue weighted by Gasteiger charge is -2.40. The number of aliphatic hydroxyl groups is 3. The molecule has 0 amide bonds. The van der Waals surface area contributed by atoms with E-state index in [0.717, 1.165) is 0 Å². The van der Waals surface area contributed by atoms with Crippen molar-refractivity contribution in [2.75, 3.05) is 6.61 Å². The number of nitrogens with zero attached hydrogens (tertiary/aromatic N) is 1. The van der Waals surface area contributed by atoms with Gasteiger partial charge in [0.05, 0.1) is 6.61 Å². The third kappa shape index (κ3) is 3.58. The molecule has 21 heavy (non-hydrogen) atoms. The Morgan fingerprint density at radius 2 is 1.90 bits per heavy atom. The average Bonchev–Trinajstić information content (AvgIpc) is 2.47. The summed E-state index contributed by atoms with van der Waals surface area (Å²) in [5.41, 5.74) is 0. The number of para-hydroxylation sites is 1. The lowest BCUT2D eigenvalue weighted by molar-refractivity contribution is -0.775. The maximum Gasteiger partial charge on any atom is 0.294 e. The van der Waals surface area contributed by atoms with Crippen LogP contribution in [0.4, 0.5) is 0 Å². The van der Waals surface area contributed by atoms with Crippen LogP contribution >= 0.6 is 0 Å². The Hall–Kier alpha value is -1.94. The van der Waals surface area contributed by atoms with Crippen molar-refractivity contribution >= 4 is 0 Å². The molecule has 9 nitrogen and oxygen atoms in total. The second kappa shape index (κ2) is 6.68. The maximum atomic E-state index is 10.4. The molecular formula is C12H15NO8. The molecule has 116 valence electrons. The molecule has 1 saturated heterocycles. The zero-order valence-corrected chi connectivity index (χ0v) is 10.8. The molecule has 0 aliphatic carbocycles. The third-order valence-electron chi connectivity index (χ3n) is 3.03. The van der Waals surface area contributed by atoms with Crippen LogP contribution in [-0.2, 0) is 9.57 Å². The number of ether oxygens (including phenoxy) is 2. The average molecular weight is 301 g/mol. The highest BCUT2D eigenvalue weighted by atomic mass is 17.0. The van der Waals surface area contributed by atoms with Gasteiger partial charge in [0.15, 0.2) is 6.10 Å². The molecule has 1 aliphatic heterocycles. The van der Waals surface area contributed by atoms with E-state index in [0.29, 0.717) is 5.75 Å². The third-order valence-corrected chi connectivity index (χ3v) is 3.03. The molecule has 0 saturated carbocycles. The van der Waals surface area contributed by atoms with E-state index in [1.54, 1.807) is 30.3 Å². The van der Waals surface area contributed by atoms with Crippen molar-refractivity contribution in [3.63, 3.8) is 0 Å². The number of rotatable bonds is 5. The molecule has 1 aliphatic rings. The molecule has 9 heteroatoms. The number of hydrogen-bond donors (Lipinski definition) is 3. The standard InChI is InChI=1S/C12H15NO8/c14-6-8-9(15)11(21-13(17)18)10(16)12(20-8)19-7-4-2-1-3-5-7/h1-5,8-12,14-16H,6H2/t8-,9-,10-,11+,12-/m1/s1. The van der Waals surface area contributed by atoms with Gasteiger partial charge >= 0.3 is 0 Å². The highest BCUT2D eigenvalue weighted by Crippen LogP contribution is 2.26. The lowest BCUT2D eigenvalue weighted by Crippen LogP contribution is -2.61. The molecule has 1 aromatic carbocycles. The molecule has 5 atom stereocenters. The topological polar surface area (TPSA) is 132 Å². The summed E-state index contributed by atoms with van der Waals surface area (Å²) in [5.74, 6) is 0.356. The van der Waals surface area contributed by atoms with E-state index in [2.05, 4.69) is 4.84 Å². The molecule has 0 bridgehead atoms. The van der Waals surface area contributed by atoms with Crippen molar-refractivity contribution in [3.8, 4) is 5.75 Å². The molecule has 0 spiro atoms. The second-order valence-electron chi connectivity index (χ2n) is 4.43. The van der Waals surface area contributed by atoms with Crippen LogP contribution in [0.15, 0.2) is 30.3 Å². The largest absolute Gasteiger partial charge is 0.462 e. The summed E-state index contributed by atoms with van der Waals surface area (Å²) in [6, 6.07) is 8.32. The zero-order chi connectivity index (χ0) is 15.4. The van der Waals surface area contributed by atoms with Crippen molar-refractivity contribution in [1.29, 1.82) is 0 Å². The van der Waals surface area contributed by atoms with Crippen LogP contribution in [0, 0.1) is 10.1 Å². The Morgan fingerprint density at radius 1 is 1.24 bits per heavy atom. The first-order chi connectivity index (χ1) is 10.0. The Morgan fingerprint density at radius 3 is 2.48 bits per heavy atom. The summed E-state index contributed by atoms with van der Waals surface area (Å²) in [5, 5.41) is 38.2. The van der Waals surface area contributed by atoms with Gasteiger partial charge in [0, 0.05) is 0 Å². The normalized spacial score (nSPS) is 32.4. The minimum absolute atomic E-state index is 0.356. The van der Waals surface area contributed by atoms with Crippen LogP contribution in [0.25, 0.3) is 0 Å². The Labute approximate surface area is 119 Å². The van der Waals surface area contributed by atoms with Crippen molar-refractivity contribution in [2.45, 2.75) is 30.7 Å². The first-order valence-corrected chi connectivity index (χ1v) is 6.18. The van der Waals surface area contributed by atoms with Crippen molar-refractivity contribution in [2.24, 2.45) is 0 Å². The summed E-state index contributed by atoms with van der Waals surface area (Å²) in [6.45, 7) is -0.611. The van der Waals surface area contributed by atoms with Gasteiger partial charge in [-0.15, -0.1) is 10.1 Å². The fourth-order valence-electron chi connectivity index (χ4n) is 2.01. The van der Waals surface area contributed by atoms with E-state index in [1.165, 1.54) is 0 Å². The highest BCUT2D eigenvalue weighted by molar-refractivity contribution is 5.21. The van der Waals surface area contributed by atoms with Crippen LogP contribution in [0.3, 0.4) is 0 Å². The van der Waals surface area contributed by atoms with E-state index in [1.807, 2.05) is 0 Å². The molecule has 3 N–H and O–H groups in total. The minimum atomic E-state index is -1.60. The van der Waals surface area contributed by atoms with Crippen LogP contribution in [0.5, 0.6) is 5.75 Å². The van der Waals surface area contributed by atoms with Gasteiger partial charge < -0.3 is 29.6 Å². The first-order valence-electron chi connectivity index (χ1n) is 6.18. The quantitative estimate of drug-likeness (QED) is 0.470. The minimum Gasteiger partial charge on any atom is -0.462 e. The fourth-order valence-corrected chi connectivity index (χ4v) is 2.01. The molecule has 2 rings (SSSR count). The molecule has 0 radical (unpaired) electrons. The van der Waals surface area contributed by atoms with Gasteiger partial charge in [-0.2, -0.15) is 0 Å². The van der Waals surface area contributed by atoms with Gasteiger partial charge in [-0.1, -0.05) is 18.2 Å². The van der Waals surface area contributed by atoms with Gasteiger partial charge in [0.25, 0.3) is 5.09 Å². The van der Waals surface area contributed by atoms with Gasteiger partial charge in [-0.3, -0.25) is 0 Å². The van der Waals surface area contributed by atoms with Gasteiger partial charge in [-0.25, -0.2) is 0 Å². The molecule has 1 heterocycles. The molecule has 0 aromatic heterocycles. The fraction of sp³-hybridized carbons (Fsp3) is 0.500. The lowest BCUT2D eigenvalue weighted by atomic mass is 9.99. The van der Waals surface area contributed by atoms with Crippen LogP contribution in [0.1, 0.15) is 0 Å². The van der Waals surface area contributed by atoms with E-state index in [-0.39, 0.29) is 0 Å². The van der Waals surface area contributed by atoms with Gasteiger partial charge in [-0.05, 0) is 12.1 Å². The van der Waals surface area contributed by atoms with Gasteiger partial charge in [0.2, 0.25) is 6.29 Å². The van der Waals surface area contributed by atoms with Crippen LogP contribution in [0.2, 0.25) is 0 Å². The van der Waals surface area contributed by atoms with Crippen molar-refractivity contribution in [1.82, 2.24) is 0 Å².